The average molecular weight is 249 g/mol. The fraction of sp³-hybridized carbons (Fsp3) is 0.273. The van der Waals surface area contributed by atoms with Crippen molar-refractivity contribution in [2.24, 2.45) is 0 Å². The number of hydrogen-bond donors (Lipinski definition) is 2. The van der Waals surface area contributed by atoms with Crippen molar-refractivity contribution in [3.63, 3.8) is 0 Å². The van der Waals surface area contributed by atoms with Gasteiger partial charge in [-0.1, -0.05) is 0 Å². The molecule has 2 N–H and O–H groups in total. The molecule has 2 amide bonds. The minimum Gasteiger partial charge on any atom is -0.477 e. The Morgan fingerprint density at radius 3 is 2.94 bits per heavy atom. The molecule has 7 heteroatoms. The van der Waals surface area contributed by atoms with E-state index >= 15 is 0 Å². The van der Waals surface area contributed by atoms with E-state index in [0.717, 1.165) is 0 Å². The van der Waals surface area contributed by atoms with Gasteiger partial charge in [0.05, 0.1) is 6.54 Å². The van der Waals surface area contributed by atoms with Crippen molar-refractivity contribution in [1.29, 1.82) is 0 Å². The second-order valence-electron chi connectivity index (χ2n) is 3.92. The molecule has 1 aliphatic heterocycles. The molecule has 18 heavy (non-hydrogen) atoms. The van der Waals surface area contributed by atoms with Crippen molar-refractivity contribution >= 4 is 23.5 Å². The summed E-state index contributed by atoms with van der Waals surface area (Å²) < 4.78 is 0. The first kappa shape index (κ1) is 12.0. The number of aromatic nitrogens is 1. The number of carbonyl (C=O) groups excluding carboxylic acids is 2. The van der Waals surface area contributed by atoms with E-state index < -0.39 is 23.8 Å². The van der Waals surface area contributed by atoms with Gasteiger partial charge in [0.1, 0.15) is 11.7 Å². The Morgan fingerprint density at radius 2 is 2.28 bits per heavy atom. The first-order chi connectivity index (χ1) is 8.49. The number of carboxylic acids is 1. The molecule has 1 aliphatic rings. The van der Waals surface area contributed by atoms with E-state index in [4.69, 9.17) is 5.11 Å². The van der Waals surface area contributed by atoms with Crippen LogP contribution >= 0.6 is 0 Å². The average Bonchev–Trinajstić information content (AvgIpc) is 2.34. The van der Waals surface area contributed by atoms with Crippen LogP contribution in [0.2, 0.25) is 0 Å². The number of anilines is 1. The summed E-state index contributed by atoms with van der Waals surface area (Å²) in [5.74, 6) is -1.97. The molecule has 1 atom stereocenters. The summed E-state index contributed by atoms with van der Waals surface area (Å²) >= 11 is 0. The van der Waals surface area contributed by atoms with E-state index in [9.17, 15) is 14.4 Å². The number of hydrogen-bond acceptors (Lipinski definition) is 5. The van der Waals surface area contributed by atoms with Crippen LogP contribution in [0.1, 0.15) is 17.4 Å². The highest BCUT2D eigenvalue weighted by Crippen LogP contribution is 2.19. The van der Waals surface area contributed by atoms with Crippen LogP contribution in [0.25, 0.3) is 0 Å². The Labute approximate surface area is 102 Å². The normalized spacial score (nSPS) is 19.6. The Morgan fingerprint density at radius 1 is 1.56 bits per heavy atom. The zero-order valence-corrected chi connectivity index (χ0v) is 9.58. The Kier molecular flexibility index (Phi) is 2.97. The van der Waals surface area contributed by atoms with E-state index in [-0.39, 0.29) is 12.2 Å². The summed E-state index contributed by atoms with van der Waals surface area (Å²) in [4.78, 5) is 38.9. The lowest BCUT2D eigenvalue weighted by Crippen LogP contribution is -2.57. The second kappa shape index (κ2) is 4.44. The number of amides is 2. The van der Waals surface area contributed by atoms with Crippen molar-refractivity contribution in [2.45, 2.75) is 13.0 Å². The number of imide groups is 1. The van der Waals surface area contributed by atoms with Crippen LogP contribution < -0.4 is 10.2 Å². The molecule has 1 saturated heterocycles. The molecule has 2 heterocycles. The van der Waals surface area contributed by atoms with Crippen LogP contribution in [-0.2, 0) is 9.59 Å². The zero-order chi connectivity index (χ0) is 13.3. The van der Waals surface area contributed by atoms with E-state index in [1.165, 1.54) is 17.2 Å². The monoisotopic (exact) mass is 249 g/mol. The molecule has 0 spiro atoms. The summed E-state index contributed by atoms with van der Waals surface area (Å²) in [7, 11) is 0. The molecule has 0 aliphatic carbocycles. The summed E-state index contributed by atoms with van der Waals surface area (Å²) in [6.45, 7) is 1.65. The van der Waals surface area contributed by atoms with Crippen LogP contribution in [0, 0.1) is 0 Å². The van der Waals surface area contributed by atoms with Crippen LogP contribution in [-0.4, -0.2) is 40.5 Å². The number of aromatic carboxylic acids is 1. The van der Waals surface area contributed by atoms with Gasteiger partial charge in [-0.25, -0.2) is 9.78 Å². The first-order valence-corrected chi connectivity index (χ1v) is 5.28. The van der Waals surface area contributed by atoms with Crippen molar-refractivity contribution in [1.82, 2.24) is 10.3 Å². The third-order valence-electron chi connectivity index (χ3n) is 2.72. The zero-order valence-electron chi connectivity index (χ0n) is 9.58. The number of carbonyl (C=O) groups is 3. The lowest BCUT2D eigenvalue weighted by molar-refractivity contribution is -0.132. The highest BCUT2D eigenvalue weighted by Gasteiger charge is 2.30. The molecule has 0 saturated carbocycles. The SMILES string of the molecule is CC1C(=O)NC(=O)CN1c1ccnc(C(=O)O)c1. The van der Waals surface area contributed by atoms with Gasteiger partial charge in [0, 0.05) is 11.9 Å². The largest absolute Gasteiger partial charge is 0.477 e. The van der Waals surface area contributed by atoms with E-state index in [2.05, 4.69) is 10.3 Å². The highest BCUT2D eigenvalue weighted by atomic mass is 16.4. The lowest BCUT2D eigenvalue weighted by atomic mass is 10.1. The molecule has 1 unspecified atom stereocenters. The fourth-order valence-corrected chi connectivity index (χ4v) is 1.74. The van der Waals surface area contributed by atoms with Crippen LogP contribution in [0.3, 0.4) is 0 Å². The molecule has 1 aromatic heterocycles. The van der Waals surface area contributed by atoms with Gasteiger partial charge in [-0.2, -0.15) is 0 Å². The fourth-order valence-electron chi connectivity index (χ4n) is 1.74. The molecule has 7 nitrogen and oxygen atoms in total. The predicted molar refractivity (Wildman–Crippen MR) is 61.2 cm³/mol. The van der Waals surface area contributed by atoms with Gasteiger partial charge >= 0.3 is 5.97 Å². The second-order valence-corrected chi connectivity index (χ2v) is 3.92. The molecule has 1 aromatic rings. The van der Waals surface area contributed by atoms with E-state index in [1.807, 2.05) is 0 Å². The number of nitrogens with zero attached hydrogens (tertiary/aromatic N) is 2. The van der Waals surface area contributed by atoms with Crippen LogP contribution in [0.15, 0.2) is 18.3 Å². The van der Waals surface area contributed by atoms with E-state index in [1.54, 1.807) is 13.0 Å². The molecule has 1 fully saturated rings. The third-order valence-corrected chi connectivity index (χ3v) is 2.72. The van der Waals surface area contributed by atoms with Crippen LogP contribution in [0.5, 0.6) is 0 Å². The molecule has 0 radical (unpaired) electrons. The molecule has 94 valence electrons. The van der Waals surface area contributed by atoms with Gasteiger partial charge < -0.3 is 10.0 Å². The van der Waals surface area contributed by atoms with Crippen molar-refractivity contribution in [2.75, 3.05) is 11.4 Å². The van der Waals surface area contributed by atoms with Gasteiger partial charge in [0.15, 0.2) is 0 Å². The van der Waals surface area contributed by atoms with Crippen molar-refractivity contribution < 1.29 is 19.5 Å². The molecule has 0 bridgehead atoms. The maximum absolute atomic E-state index is 11.5. The van der Waals surface area contributed by atoms with Crippen molar-refractivity contribution in [3.8, 4) is 0 Å². The summed E-state index contributed by atoms with van der Waals surface area (Å²) in [6.07, 6.45) is 1.34. The number of pyridine rings is 1. The van der Waals surface area contributed by atoms with Gasteiger partial charge in [0.2, 0.25) is 11.8 Å². The summed E-state index contributed by atoms with van der Waals surface area (Å²) in [5, 5.41) is 11.1. The number of rotatable bonds is 2. The van der Waals surface area contributed by atoms with Crippen molar-refractivity contribution in [3.05, 3.63) is 24.0 Å². The Bertz CT molecular complexity index is 529. The molecule has 2 rings (SSSR count). The minimum atomic E-state index is -1.16. The lowest BCUT2D eigenvalue weighted by Gasteiger charge is -2.33. The van der Waals surface area contributed by atoms with Gasteiger partial charge in [-0.05, 0) is 19.1 Å². The van der Waals surface area contributed by atoms with Crippen LogP contribution in [0.4, 0.5) is 5.69 Å². The third kappa shape index (κ3) is 2.15. The molecular formula is C11H11N3O4. The topological polar surface area (TPSA) is 99.6 Å². The minimum absolute atomic E-state index is 0.00990. The number of piperazine rings is 1. The Balaban J connectivity index is 2.35. The molecular weight excluding hydrogens is 238 g/mol. The number of carboxylic acid groups (broad SMARTS) is 1. The summed E-state index contributed by atoms with van der Waals surface area (Å²) in [5.41, 5.74) is 0.358. The van der Waals surface area contributed by atoms with Gasteiger partial charge in [0.25, 0.3) is 0 Å². The predicted octanol–water partition coefficient (Wildman–Crippen LogP) is -0.369. The van der Waals surface area contributed by atoms with E-state index in [0.29, 0.717) is 5.69 Å². The number of nitrogens with one attached hydrogen (secondary N) is 1. The quantitative estimate of drug-likeness (QED) is 0.694. The smallest absolute Gasteiger partial charge is 0.354 e. The standard InChI is InChI=1S/C11H11N3O4/c1-6-10(16)13-9(15)5-14(6)7-2-3-12-8(4-7)11(17)18/h2-4,6H,5H2,1H3,(H,17,18)(H,13,15,16). The van der Waals surface area contributed by atoms with Gasteiger partial charge in [-0.3, -0.25) is 14.9 Å². The first-order valence-electron chi connectivity index (χ1n) is 5.28. The maximum atomic E-state index is 11.5. The summed E-state index contributed by atoms with van der Waals surface area (Å²) in [6, 6.07) is 2.37. The van der Waals surface area contributed by atoms with Gasteiger partial charge in [-0.15, -0.1) is 0 Å². The Hall–Kier alpha value is -2.44. The maximum Gasteiger partial charge on any atom is 0.354 e. The highest BCUT2D eigenvalue weighted by molar-refractivity contribution is 6.04. The molecule has 0 aromatic carbocycles.